The lowest BCUT2D eigenvalue weighted by Gasteiger charge is -2.21. The van der Waals surface area contributed by atoms with Crippen molar-refractivity contribution in [1.82, 2.24) is 19.9 Å². The SMILES string of the molecule is CCNc1nc(NC2CCC(CC)C2C)c2[nH]cnc2n1. The Labute approximate surface area is 125 Å². The van der Waals surface area contributed by atoms with Crippen molar-refractivity contribution in [1.29, 1.82) is 0 Å². The first kappa shape index (κ1) is 14.1. The molecule has 0 aliphatic heterocycles. The van der Waals surface area contributed by atoms with Crippen molar-refractivity contribution >= 4 is 22.9 Å². The van der Waals surface area contributed by atoms with Crippen LogP contribution in [0.4, 0.5) is 11.8 Å². The minimum absolute atomic E-state index is 0.478. The van der Waals surface area contributed by atoms with E-state index < -0.39 is 0 Å². The summed E-state index contributed by atoms with van der Waals surface area (Å²) in [5.74, 6) is 2.99. The summed E-state index contributed by atoms with van der Waals surface area (Å²) >= 11 is 0. The second-order valence-corrected chi connectivity index (χ2v) is 5.88. The fraction of sp³-hybridized carbons (Fsp3) is 0.667. The number of aromatic nitrogens is 4. The van der Waals surface area contributed by atoms with Gasteiger partial charge in [-0.15, -0.1) is 0 Å². The summed E-state index contributed by atoms with van der Waals surface area (Å²) in [5.41, 5.74) is 1.60. The average molecular weight is 288 g/mol. The monoisotopic (exact) mass is 288 g/mol. The molecule has 1 saturated carbocycles. The number of nitrogens with one attached hydrogen (secondary N) is 3. The summed E-state index contributed by atoms with van der Waals surface area (Å²) in [7, 11) is 0. The number of aromatic amines is 1. The Morgan fingerprint density at radius 1 is 1.29 bits per heavy atom. The van der Waals surface area contributed by atoms with Crippen molar-refractivity contribution in [2.24, 2.45) is 11.8 Å². The van der Waals surface area contributed by atoms with E-state index in [0.29, 0.717) is 23.6 Å². The largest absolute Gasteiger partial charge is 0.365 e. The van der Waals surface area contributed by atoms with Crippen LogP contribution in [-0.2, 0) is 0 Å². The van der Waals surface area contributed by atoms with E-state index in [1.54, 1.807) is 6.33 Å². The molecule has 6 heteroatoms. The van der Waals surface area contributed by atoms with Gasteiger partial charge in [0.2, 0.25) is 5.95 Å². The maximum Gasteiger partial charge on any atom is 0.226 e. The standard InChI is InChI=1S/C15H24N6/c1-4-10-6-7-11(9(10)3)19-14-12-13(18-8-17-12)20-15(21-14)16-5-2/h8-11H,4-7H2,1-3H3,(H3,16,17,18,19,20,21). The number of H-pyrrole nitrogens is 1. The third kappa shape index (κ3) is 2.66. The smallest absolute Gasteiger partial charge is 0.226 e. The van der Waals surface area contributed by atoms with Gasteiger partial charge in [0.15, 0.2) is 11.5 Å². The molecule has 0 amide bonds. The highest BCUT2D eigenvalue weighted by molar-refractivity contribution is 5.83. The van der Waals surface area contributed by atoms with E-state index in [0.717, 1.165) is 23.8 Å². The van der Waals surface area contributed by atoms with Crippen LogP contribution in [0.5, 0.6) is 0 Å². The lowest BCUT2D eigenvalue weighted by Crippen LogP contribution is -2.25. The van der Waals surface area contributed by atoms with Gasteiger partial charge in [-0.25, -0.2) is 4.98 Å². The van der Waals surface area contributed by atoms with Gasteiger partial charge in [-0.2, -0.15) is 9.97 Å². The molecule has 3 atom stereocenters. The number of nitrogens with zero attached hydrogens (tertiary/aromatic N) is 3. The molecule has 0 bridgehead atoms. The van der Waals surface area contributed by atoms with Gasteiger partial charge in [-0.05, 0) is 31.6 Å². The molecule has 0 spiro atoms. The first-order chi connectivity index (χ1) is 10.2. The second-order valence-electron chi connectivity index (χ2n) is 5.88. The van der Waals surface area contributed by atoms with Crippen molar-refractivity contribution in [2.75, 3.05) is 17.2 Å². The van der Waals surface area contributed by atoms with Crippen LogP contribution in [0.15, 0.2) is 6.33 Å². The summed E-state index contributed by atoms with van der Waals surface area (Å²) in [6, 6.07) is 0.478. The molecular weight excluding hydrogens is 264 g/mol. The number of anilines is 2. The van der Waals surface area contributed by atoms with Crippen molar-refractivity contribution in [3.05, 3.63) is 6.33 Å². The zero-order chi connectivity index (χ0) is 14.8. The minimum Gasteiger partial charge on any atom is -0.365 e. The van der Waals surface area contributed by atoms with E-state index in [1.165, 1.54) is 19.3 Å². The molecule has 0 saturated heterocycles. The summed E-state index contributed by atoms with van der Waals surface area (Å²) in [6.45, 7) is 7.46. The number of imidazole rings is 1. The molecule has 3 rings (SSSR count). The molecule has 21 heavy (non-hydrogen) atoms. The highest BCUT2D eigenvalue weighted by Gasteiger charge is 2.32. The zero-order valence-electron chi connectivity index (χ0n) is 13.0. The molecule has 3 N–H and O–H groups in total. The van der Waals surface area contributed by atoms with E-state index >= 15 is 0 Å². The normalized spacial score (nSPS) is 25.4. The van der Waals surface area contributed by atoms with Crippen LogP contribution < -0.4 is 10.6 Å². The van der Waals surface area contributed by atoms with E-state index in [9.17, 15) is 0 Å². The fourth-order valence-electron chi connectivity index (χ4n) is 3.38. The lowest BCUT2D eigenvalue weighted by molar-refractivity contribution is 0.391. The molecule has 2 heterocycles. The number of rotatable bonds is 5. The molecular formula is C15H24N6. The van der Waals surface area contributed by atoms with Crippen molar-refractivity contribution in [3.8, 4) is 0 Å². The Kier molecular flexibility index (Phi) is 3.94. The zero-order valence-corrected chi connectivity index (χ0v) is 13.0. The summed E-state index contributed by atoms with van der Waals surface area (Å²) in [4.78, 5) is 16.4. The Morgan fingerprint density at radius 3 is 2.86 bits per heavy atom. The maximum atomic E-state index is 4.61. The minimum atomic E-state index is 0.478. The number of fused-ring (bicyclic) bond motifs is 1. The molecule has 2 aromatic heterocycles. The average Bonchev–Trinajstić information content (AvgIpc) is 3.07. The molecule has 0 radical (unpaired) electrons. The molecule has 0 aromatic carbocycles. The van der Waals surface area contributed by atoms with E-state index in [4.69, 9.17) is 0 Å². The third-order valence-electron chi connectivity index (χ3n) is 4.69. The maximum absolute atomic E-state index is 4.61. The molecule has 1 aliphatic carbocycles. The first-order valence-electron chi connectivity index (χ1n) is 7.94. The number of hydrogen-bond acceptors (Lipinski definition) is 5. The molecule has 1 aliphatic rings. The van der Waals surface area contributed by atoms with Crippen LogP contribution in [-0.4, -0.2) is 32.5 Å². The highest BCUT2D eigenvalue weighted by atomic mass is 15.2. The van der Waals surface area contributed by atoms with Gasteiger partial charge in [-0.1, -0.05) is 20.3 Å². The van der Waals surface area contributed by atoms with E-state index in [-0.39, 0.29) is 0 Å². The van der Waals surface area contributed by atoms with Gasteiger partial charge >= 0.3 is 0 Å². The van der Waals surface area contributed by atoms with Crippen LogP contribution in [0, 0.1) is 11.8 Å². The predicted octanol–water partition coefficient (Wildman–Crippen LogP) is 3.02. The van der Waals surface area contributed by atoms with E-state index in [1.807, 2.05) is 6.92 Å². The summed E-state index contributed by atoms with van der Waals surface area (Å²) < 4.78 is 0. The number of hydrogen-bond donors (Lipinski definition) is 3. The molecule has 3 unspecified atom stereocenters. The van der Waals surface area contributed by atoms with Gasteiger partial charge in [0.1, 0.15) is 5.52 Å². The van der Waals surface area contributed by atoms with Gasteiger partial charge in [0.05, 0.1) is 6.33 Å². The molecule has 2 aromatic rings. The van der Waals surface area contributed by atoms with Crippen LogP contribution in [0.3, 0.4) is 0 Å². The Hall–Kier alpha value is -1.85. The van der Waals surface area contributed by atoms with Crippen LogP contribution in [0.1, 0.15) is 40.0 Å². The molecule has 1 fully saturated rings. The predicted molar refractivity (Wildman–Crippen MR) is 85.4 cm³/mol. The first-order valence-corrected chi connectivity index (χ1v) is 7.94. The van der Waals surface area contributed by atoms with Gasteiger partial charge in [-0.3, -0.25) is 0 Å². The van der Waals surface area contributed by atoms with E-state index in [2.05, 4.69) is 44.4 Å². The third-order valence-corrected chi connectivity index (χ3v) is 4.69. The Balaban J connectivity index is 1.87. The van der Waals surface area contributed by atoms with Crippen LogP contribution >= 0.6 is 0 Å². The summed E-state index contributed by atoms with van der Waals surface area (Å²) in [6.07, 6.45) is 5.43. The van der Waals surface area contributed by atoms with Gasteiger partial charge in [0, 0.05) is 12.6 Å². The highest BCUT2D eigenvalue weighted by Crippen LogP contribution is 2.36. The second kappa shape index (κ2) is 5.87. The topological polar surface area (TPSA) is 78.5 Å². The summed E-state index contributed by atoms with van der Waals surface area (Å²) in [5, 5.41) is 6.79. The Bertz CT molecular complexity index is 607. The lowest BCUT2D eigenvalue weighted by atomic mass is 9.93. The van der Waals surface area contributed by atoms with Crippen molar-refractivity contribution in [2.45, 2.75) is 46.1 Å². The van der Waals surface area contributed by atoms with Gasteiger partial charge in [0.25, 0.3) is 0 Å². The van der Waals surface area contributed by atoms with Gasteiger partial charge < -0.3 is 15.6 Å². The van der Waals surface area contributed by atoms with Crippen LogP contribution in [0.2, 0.25) is 0 Å². The molecule has 114 valence electrons. The van der Waals surface area contributed by atoms with Crippen molar-refractivity contribution < 1.29 is 0 Å². The molecule has 6 nitrogen and oxygen atoms in total. The van der Waals surface area contributed by atoms with Crippen LogP contribution in [0.25, 0.3) is 11.2 Å². The van der Waals surface area contributed by atoms with Crippen molar-refractivity contribution in [3.63, 3.8) is 0 Å². The Morgan fingerprint density at radius 2 is 2.14 bits per heavy atom. The fourth-order valence-corrected chi connectivity index (χ4v) is 3.38. The quantitative estimate of drug-likeness (QED) is 0.788.